The number of terminal acetylenes is 1. The summed E-state index contributed by atoms with van der Waals surface area (Å²) in [6.07, 6.45) is 7.75. The van der Waals surface area contributed by atoms with Gasteiger partial charge in [-0.05, 0) is 18.3 Å². The molecule has 0 heteroatoms. The maximum atomic E-state index is 5.31. The second-order valence-corrected chi connectivity index (χ2v) is 3.67. The predicted octanol–water partition coefficient (Wildman–Crippen LogP) is 3.33. The quantitative estimate of drug-likeness (QED) is 0.542. The van der Waals surface area contributed by atoms with Crippen LogP contribution >= 0.6 is 0 Å². The highest BCUT2D eigenvalue weighted by molar-refractivity contribution is 4.91. The molecular formula is C11H20. The lowest BCUT2D eigenvalue weighted by Gasteiger charge is -2.19. The van der Waals surface area contributed by atoms with Crippen LogP contribution in [0.3, 0.4) is 0 Å². The molecule has 0 aromatic heterocycles. The van der Waals surface area contributed by atoms with E-state index in [2.05, 4.69) is 33.6 Å². The Hall–Kier alpha value is -0.440. The van der Waals surface area contributed by atoms with Gasteiger partial charge in [0.25, 0.3) is 0 Å². The Morgan fingerprint density at radius 3 is 2.09 bits per heavy atom. The van der Waals surface area contributed by atoms with E-state index in [0.29, 0.717) is 5.92 Å². The molecule has 0 aliphatic carbocycles. The molecule has 11 heavy (non-hydrogen) atoms. The van der Waals surface area contributed by atoms with Crippen LogP contribution in [-0.2, 0) is 0 Å². The first-order chi connectivity index (χ1) is 5.11. The number of hydrogen-bond acceptors (Lipinski definition) is 0. The summed E-state index contributed by atoms with van der Waals surface area (Å²) in [4.78, 5) is 0. The first-order valence-corrected chi connectivity index (χ1v) is 4.57. The van der Waals surface area contributed by atoms with Crippen molar-refractivity contribution in [2.45, 2.75) is 40.5 Å². The summed E-state index contributed by atoms with van der Waals surface area (Å²) in [6.45, 7) is 8.95. The Morgan fingerprint density at radius 1 is 1.18 bits per heavy atom. The standard InChI is InChI=1S/C11H20/c1-6-9(3)8-11(5)10(4)7-2/h1,9-11H,7-8H2,2-5H3. The van der Waals surface area contributed by atoms with Gasteiger partial charge in [-0.2, -0.15) is 0 Å². The zero-order valence-corrected chi connectivity index (χ0v) is 8.22. The van der Waals surface area contributed by atoms with Gasteiger partial charge in [-0.1, -0.05) is 34.1 Å². The molecule has 0 spiro atoms. The van der Waals surface area contributed by atoms with Gasteiger partial charge in [0, 0.05) is 5.92 Å². The van der Waals surface area contributed by atoms with Gasteiger partial charge in [0.2, 0.25) is 0 Å². The molecule has 0 bridgehead atoms. The molecule has 0 rings (SSSR count). The molecule has 3 atom stereocenters. The lowest BCUT2D eigenvalue weighted by molar-refractivity contribution is 0.332. The highest BCUT2D eigenvalue weighted by atomic mass is 14.2. The smallest absolute Gasteiger partial charge is 0.0174 e. The van der Waals surface area contributed by atoms with Crippen molar-refractivity contribution in [2.24, 2.45) is 17.8 Å². The third-order valence-corrected chi connectivity index (χ3v) is 2.63. The summed E-state index contributed by atoms with van der Waals surface area (Å²) < 4.78 is 0. The fourth-order valence-corrected chi connectivity index (χ4v) is 1.26. The third kappa shape index (κ3) is 4.09. The molecule has 0 N–H and O–H groups in total. The minimum absolute atomic E-state index is 0.444. The fourth-order valence-electron chi connectivity index (χ4n) is 1.26. The Labute approximate surface area is 71.4 Å². The zero-order valence-electron chi connectivity index (χ0n) is 8.22. The van der Waals surface area contributed by atoms with E-state index >= 15 is 0 Å². The molecule has 0 fully saturated rings. The molecule has 64 valence electrons. The molecule has 0 saturated heterocycles. The van der Waals surface area contributed by atoms with E-state index in [1.165, 1.54) is 12.8 Å². The summed E-state index contributed by atoms with van der Waals surface area (Å²) >= 11 is 0. The summed E-state index contributed by atoms with van der Waals surface area (Å²) in [5, 5.41) is 0. The minimum atomic E-state index is 0.444. The Morgan fingerprint density at radius 2 is 1.73 bits per heavy atom. The van der Waals surface area contributed by atoms with E-state index in [0.717, 1.165) is 11.8 Å². The number of rotatable bonds is 4. The lowest BCUT2D eigenvalue weighted by Crippen LogP contribution is -2.10. The summed E-state index contributed by atoms with van der Waals surface area (Å²) in [5.41, 5.74) is 0. The van der Waals surface area contributed by atoms with E-state index < -0.39 is 0 Å². The molecule has 0 aliphatic heterocycles. The van der Waals surface area contributed by atoms with Crippen LogP contribution in [0.4, 0.5) is 0 Å². The zero-order chi connectivity index (χ0) is 8.85. The molecule has 0 amide bonds. The SMILES string of the molecule is C#CC(C)CC(C)C(C)CC. The lowest BCUT2D eigenvalue weighted by atomic mass is 9.86. The maximum Gasteiger partial charge on any atom is 0.0174 e. The molecule has 0 heterocycles. The van der Waals surface area contributed by atoms with E-state index in [1.807, 2.05) is 0 Å². The average molecular weight is 152 g/mol. The number of hydrogen-bond donors (Lipinski definition) is 0. The van der Waals surface area contributed by atoms with E-state index in [1.54, 1.807) is 0 Å². The molecule has 0 aromatic carbocycles. The van der Waals surface area contributed by atoms with Gasteiger partial charge in [-0.3, -0.25) is 0 Å². The van der Waals surface area contributed by atoms with Crippen molar-refractivity contribution in [3.63, 3.8) is 0 Å². The Kier molecular flexibility index (Phi) is 5.03. The van der Waals surface area contributed by atoms with Crippen LogP contribution in [0.1, 0.15) is 40.5 Å². The van der Waals surface area contributed by atoms with Crippen LogP contribution in [0.5, 0.6) is 0 Å². The van der Waals surface area contributed by atoms with Gasteiger partial charge in [-0.15, -0.1) is 12.3 Å². The molecular weight excluding hydrogens is 132 g/mol. The molecule has 0 aliphatic rings. The second kappa shape index (κ2) is 5.24. The molecule has 3 unspecified atom stereocenters. The molecule has 0 radical (unpaired) electrons. The third-order valence-electron chi connectivity index (χ3n) is 2.63. The molecule has 0 nitrogen and oxygen atoms in total. The molecule has 0 aromatic rings. The second-order valence-electron chi connectivity index (χ2n) is 3.67. The van der Waals surface area contributed by atoms with Crippen molar-refractivity contribution in [3.8, 4) is 12.3 Å². The normalized spacial score (nSPS) is 18.5. The maximum absolute atomic E-state index is 5.31. The predicted molar refractivity (Wildman–Crippen MR) is 51.2 cm³/mol. The van der Waals surface area contributed by atoms with Gasteiger partial charge in [0.05, 0.1) is 0 Å². The van der Waals surface area contributed by atoms with Crippen LogP contribution in [0, 0.1) is 30.1 Å². The van der Waals surface area contributed by atoms with Crippen molar-refractivity contribution in [3.05, 3.63) is 0 Å². The van der Waals surface area contributed by atoms with Crippen molar-refractivity contribution >= 4 is 0 Å². The van der Waals surface area contributed by atoms with Gasteiger partial charge in [0.1, 0.15) is 0 Å². The Balaban J connectivity index is 3.69. The van der Waals surface area contributed by atoms with E-state index in [9.17, 15) is 0 Å². The van der Waals surface area contributed by atoms with E-state index in [4.69, 9.17) is 6.42 Å². The van der Waals surface area contributed by atoms with Gasteiger partial charge < -0.3 is 0 Å². The largest absolute Gasteiger partial charge is 0.120 e. The van der Waals surface area contributed by atoms with E-state index in [-0.39, 0.29) is 0 Å². The average Bonchev–Trinajstić information content (AvgIpc) is 2.02. The summed E-state index contributed by atoms with van der Waals surface area (Å²) in [6, 6.07) is 0. The van der Waals surface area contributed by atoms with Crippen molar-refractivity contribution in [1.29, 1.82) is 0 Å². The van der Waals surface area contributed by atoms with Crippen molar-refractivity contribution in [1.82, 2.24) is 0 Å². The first kappa shape index (κ1) is 10.6. The highest BCUT2D eigenvalue weighted by Gasteiger charge is 2.12. The van der Waals surface area contributed by atoms with Gasteiger partial charge in [0.15, 0.2) is 0 Å². The monoisotopic (exact) mass is 152 g/mol. The first-order valence-electron chi connectivity index (χ1n) is 4.57. The minimum Gasteiger partial charge on any atom is -0.120 e. The topological polar surface area (TPSA) is 0 Å². The molecule has 0 saturated carbocycles. The summed E-state index contributed by atoms with van der Waals surface area (Å²) in [7, 11) is 0. The van der Waals surface area contributed by atoms with Crippen LogP contribution < -0.4 is 0 Å². The highest BCUT2D eigenvalue weighted by Crippen LogP contribution is 2.21. The fraction of sp³-hybridized carbons (Fsp3) is 0.818. The van der Waals surface area contributed by atoms with Crippen LogP contribution in [0.25, 0.3) is 0 Å². The van der Waals surface area contributed by atoms with Crippen LogP contribution in [-0.4, -0.2) is 0 Å². The Bertz CT molecular complexity index is 129. The van der Waals surface area contributed by atoms with Crippen LogP contribution in [0.2, 0.25) is 0 Å². The van der Waals surface area contributed by atoms with Crippen LogP contribution in [0.15, 0.2) is 0 Å². The van der Waals surface area contributed by atoms with Crippen molar-refractivity contribution < 1.29 is 0 Å². The van der Waals surface area contributed by atoms with Crippen molar-refractivity contribution in [2.75, 3.05) is 0 Å². The summed E-state index contributed by atoms with van der Waals surface area (Å²) in [5.74, 6) is 4.80. The van der Waals surface area contributed by atoms with Gasteiger partial charge >= 0.3 is 0 Å². The van der Waals surface area contributed by atoms with Gasteiger partial charge in [-0.25, -0.2) is 0 Å².